The number of hydrogen-bond acceptors (Lipinski definition) is 3. The highest BCUT2D eigenvalue weighted by Crippen LogP contribution is 1.92. The van der Waals surface area contributed by atoms with Crippen molar-refractivity contribution < 1.29 is 5.11 Å². The number of aliphatic hydroxyl groups excluding tert-OH is 1. The summed E-state index contributed by atoms with van der Waals surface area (Å²) in [5.74, 6) is 0. The maximum atomic E-state index is 9.49. The van der Waals surface area contributed by atoms with Crippen molar-refractivity contribution in [1.29, 1.82) is 0 Å². The highest BCUT2D eigenvalue weighted by Gasteiger charge is 2.05. The van der Waals surface area contributed by atoms with E-state index in [9.17, 15) is 5.11 Å². The third kappa shape index (κ3) is 3.02. The van der Waals surface area contributed by atoms with Crippen LogP contribution in [0.25, 0.3) is 0 Å². The van der Waals surface area contributed by atoms with Crippen LogP contribution < -0.4 is 0 Å². The molecule has 0 aliphatic carbocycles. The van der Waals surface area contributed by atoms with Crippen LogP contribution in [-0.2, 0) is 6.54 Å². The molecular formula is C8H15N3O. The van der Waals surface area contributed by atoms with E-state index in [1.54, 1.807) is 10.9 Å². The Balaban J connectivity index is 2.32. The van der Waals surface area contributed by atoms with E-state index in [1.165, 1.54) is 0 Å². The molecule has 0 fully saturated rings. The van der Waals surface area contributed by atoms with Gasteiger partial charge in [-0.05, 0) is 20.2 Å². The summed E-state index contributed by atoms with van der Waals surface area (Å²) in [6.07, 6.45) is 3.21. The minimum absolute atomic E-state index is 0.347. The molecule has 0 amide bonds. The summed E-state index contributed by atoms with van der Waals surface area (Å²) < 4.78 is 1.73. The third-order valence-corrected chi connectivity index (χ3v) is 1.53. The third-order valence-electron chi connectivity index (χ3n) is 1.53. The summed E-state index contributed by atoms with van der Waals surface area (Å²) in [6.45, 7) is 1.23. The summed E-state index contributed by atoms with van der Waals surface area (Å²) in [4.78, 5) is 1.95. The summed E-state index contributed by atoms with van der Waals surface area (Å²) in [5, 5.41) is 13.5. The van der Waals surface area contributed by atoms with E-state index in [1.807, 2.05) is 31.3 Å². The van der Waals surface area contributed by atoms with Gasteiger partial charge in [0.1, 0.15) is 0 Å². The van der Waals surface area contributed by atoms with Gasteiger partial charge in [0.15, 0.2) is 0 Å². The van der Waals surface area contributed by atoms with Gasteiger partial charge in [-0.1, -0.05) is 0 Å². The van der Waals surface area contributed by atoms with Gasteiger partial charge >= 0.3 is 0 Å². The lowest BCUT2D eigenvalue weighted by molar-refractivity contribution is 0.116. The van der Waals surface area contributed by atoms with E-state index in [2.05, 4.69) is 5.10 Å². The first-order valence-corrected chi connectivity index (χ1v) is 3.98. The molecule has 0 saturated carbocycles. The zero-order valence-corrected chi connectivity index (χ0v) is 7.51. The largest absolute Gasteiger partial charge is 0.390 e. The molecule has 0 spiro atoms. The zero-order valence-electron chi connectivity index (χ0n) is 7.51. The molecule has 0 aliphatic heterocycles. The van der Waals surface area contributed by atoms with Crippen molar-refractivity contribution in [3.8, 4) is 0 Å². The monoisotopic (exact) mass is 169 g/mol. The number of hydrogen-bond donors (Lipinski definition) is 1. The smallest absolute Gasteiger partial charge is 0.0862 e. The summed E-state index contributed by atoms with van der Waals surface area (Å²) in [6, 6.07) is 1.85. The molecule has 1 atom stereocenters. The van der Waals surface area contributed by atoms with E-state index in [0.717, 1.165) is 0 Å². The van der Waals surface area contributed by atoms with E-state index >= 15 is 0 Å². The molecule has 1 rings (SSSR count). The van der Waals surface area contributed by atoms with Crippen LogP contribution in [0.4, 0.5) is 0 Å². The topological polar surface area (TPSA) is 41.3 Å². The average Bonchev–Trinajstić information content (AvgIpc) is 2.37. The van der Waals surface area contributed by atoms with Gasteiger partial charge in [0, 0.05) is 18.9 Å². The Morgan fingerprint density at radius 3 is 2.83 bits per heavy atom. The predicted molar refractivity (Wildman–Crippen MR) is 46.8 cm³/mol. The molecule has 68 valence electrons. The van der Waals surface area contributed by atoms with Gasteiger partial charge in [0.2, 0.25) is 0 Å². The van der Waals surface area contributed by atoms with E-state index < -0.39 is 0 Å². The van der Waals surface area contributed by atoms with Crippen LogP contribution in [0.3, 0.4) is 0 Å². The van der Waals surface area contributed by atoms with Crippen LogP contribution in [0.1, 0.15) is 0 Å². The fourth-order valence-electron chi connectivity index (χ4n) is 1.10. The van der Waals surface area contributed by atoms with Gasteiger partial charge in [-0.25, -0.2) is 0 Å². The van der Waals surface area contributed by atoms with Crippen LogP contribution >= 0.6 is 0 Å². The van der Waals surface area contributed by atoms with Crippen molar-refractivity contribution in [3.05, 3.63) is 18.5 Å². The van der Waals surface area contributed by atoms with Crippen molar-refractivity contribution in [3.63, 3.8) is 0 Å². The molecule has 0 aliphatic rings. The first kappa shape index (κ1) is 9.22. The van der Waals surface area contributed by atoms with E-state index in [4.69, 9.17) is 0 Å². The van der Waals surface area contributed by atoms with Crippen molar-refractivity contribution in [2.24, 2.45) is 0 Å². The molecule has 1 N–H and O–H groups in total. The highest BCUT2D eigenvalue weighted by atomic mass is 16.3. The van der Waals surface area contributed by atoms with E-state index in [-0.39, 0.29) is 6.10 Å². The minimum atomic E-state index is -0.347. The van der Waals surface area contributed by atoms with Crippen molar-refractivity contribution in [2.75, 3.05) is 20.6 Å². The van der Waals surface area contributed by atoms with Crippen molar-refractivity contribution >= 4 is 0 Å². The maximum absolute atomic E-state index is 9.49. The molecule has 0 saturated heterocycles. The standard InChI is InChI=1S/C8H15N3O/c1-10(2)6-8(12)7-11-5-3-4-9-11/h3-5,8,12H,6-7H2,1-2H3/t8-/m0/s1. The predicted octanol–water partition coefficient (Wildman–Crippen LogP) is -0.194. The highest BCUT2D eigenvalue weighted by molar-refractivity contribution is 4.78. The SMILES string of the molecule is CN(C)C[C@H](O)Cn1cccn1. The lowest BCUT2D eigenvalue weighted by atomic mass is 10.3. The summed E-state index contributed by atoms with van der Waals surface area (Å²) >= 11 is 0. The summed E-state index contributed by atoms with van der Waals surface area (Å²) in [7, 11) is 3.87. The Labute approximate surface area is 72.4 Å². The number of aromatic nitrogens is 2. The fourth-order valence-corrected chi connectivity index (χ4v) is 1.10. The quantitative estimate of drug-likeness (QED) is 0.679. The van der Waals surface area contributed by atoms with Crippen LogP contribution in [0, 0.1) is 0 Å². The van der Waals surface area contributed by atoms with E-state index in [0.29, 0.717) is 13.1 Å². The zero-order chi connectivity index (χ0) is 8.97. The van der Waals surface area contributed by atoms with Gasteiger partial charge in [-0.15, -0.1) is 0 Å². The van der Waals surface area contributed by atoms with Crippen LogP contribution in [0.2, 0.25) is 0 Å². The molecule has 0 bridgehead atoms. The molecule has 4 heteroatoms. The first-order valence-electron chi connectivity index (χ1n) is 3.98. The number of aliphatic hydroxyl groups is 1. The van der Waals surface area contributed by atoms with Gasteiger partial charge in [-0.3, -0.25) is 4.68 Å². The first-order chi connectivity index (χ1) is 5.68. The van der Waals surface area contributed by atoms with Gasteiger partial charge in [0.05, 0.1) is 12.6 Å². The molecular weight excluding hydrogens is 154 g/mol. The second-order valence-electron chi connectivity index (χ2n) is 3.14. The Hall–Kier alpha value is -0.870. The molecule has 12 heavy (non-hydrogen) atoms. The second-order valence-corrected chi connectivity index (χ2v) is 3.14. The van der Waals surface area contributed by atoms with Crippen LogP contribution in [0.5, 0.6) is 0 Å². The van der Waals surface area contributed by atoms with Gasteiger partial charge in [0.25, 0.3) is 0 Å². The maximum Gasteiger partial charge on any atom is 0.0862 e. The lowest BCUT2D eigenvalue weighted by Gasteiger charge is -2.15. The molecule has 0 unspecified atom stereocenters. The molecule has 1 aromatic heterocycles. The van der Waals surface area contributed by atoms with Crippen molar-refractivity contribution in [2.45, 2.75) is 12.6 Å². The number of likely N-dealkylation sites (N-methyl/N-ethyl adjacent to an activating group) is 1. The average molecular weight is 169 g/mol. The minimum Gasteiger partial charge on any atom is -0.390 e. The van der Waals surface area contributed by atoms with Gasteiger partial charge < -0.3 is 10.0 Å². The van der Waals surface area contributed by atoms with Crippen LogP contribution in [0.15, 0.2) is 18.5 Å². The van der Waals surface area contributed by atoms with Crippen LogP contribution in [-0.4, -0.2) is 46.5 Å². The fraction of sp³-hybridized carbons (Fsp3) is 0.625. The molecule has 4 nitrogen and oxygen atoms in total. The number of nitrogens with zero attached hydrogens (tertiary/aromatic N) is 3. The second kappa shape index (κ2) is 4.23. The Bertz CT molecular complexity index is 208. The number of rotatable bonds is 4. The molecule has 1 aromatic rings. The Morgan fingerprint density at radius 2 is 2.33 bits per heavy atom. The molecule has 1 heterocycles. The van der Waals surface area contributed by atoms with Gasteiger partial charge in [-0.2, -0.15) is 5.10 Å². The lowest BCUT2D eigenvalue weighted by Crippen LogP contribution is -2.29. The summed E-state index contributed by atoms with van der Waals surface area (Å²) in [5.41, 5.74) is 0. The molecule has 0 aromatic carbocycles. The Morgan fingerprint density at radius 1 is 1.58 bits per heavy atom. The normalized spacial score (nSPS) is 13.7. The van der Waals surface area contributed by atoms with Crippen molar-refractivity contribution in [1.82, 2.24) is 14.7 Å². The molecule has 0 radical (unpaired) electrons. The Kier molecular flexibility index (Phi) is 3.25.